The zero-order chi connectivity index (χ0) is 28.6. The summed E-state index contributed by atoms with van der Waals surface area (Å²) in [6, 6.07) is 15.3. The predicted octanol–water partition coefficient (Wildman–Crippen LogP) is 7.43. The average molecular weight is 581 g/mol. The number of halogens is 6. The Balaban J connectivity index is 2.55. The van der Waals surface area contributed by atoms with Gasteiger partial charge in [-0.05, 0) is 55.5 Å². The zero-order valence-electron chi connectivity index (χ0n) is 19.6. The lowest BCUT2D eigenvalue weighted by molar-refractivity contribution is -0.258. The molecule has 5 nitrogen and oxygen atoms in total. The number of esters is 1. The fourth-order valence-corrected chi connectivity index (χ4v) is 13.4. The Morgan fingerprint density at radius 1 is 0.842 bits per heavy atom. The van der Waals surface area contributed by atoms with Crippen molar-refractivity contribution in [3.63, 3.8) is 0 Å². The van der Waals surface area contributed by atoms with Crippen molar-refractivity contribution >= 4 is 23.7 Å². The van der Waals surface area contributed by atoms with E-state index in [2.05, 4.69) is 11.3 Å². The Morgan fingerprint density at radius 3 is 1.61 bits per heavy atom. The highest BCUT2D eigenvalue weighted by atomic mass is 33.2. The largest absolute Gasteiger partial charge is 0.441 e. The van der Waals surface area contributed by atoms with Crippen molar-refractivity contribution in [2.45, 2.75) is 39.1 Å². The van der Waals surface area contributed by atoms with Crippen molar-refractivity contribution in [1.29, 1.82) is 0 Å². The van der Waals surface area contributed by atoms with Gasteiger partial charge in [-0.2, -0.15) is 22.0 Å². The van der Waals surface area contributed by atoms with Gasteiger partial charge in [0.1, 0.15) is 5.82 Å². The van der Waals surface area contributed by atoms with Gasteiger partial charge in [0.15, 0.2) is 8.66 Å². The van der Waals surface area contributed by atoms with E-state index in [0.717, 1.165) is 55.5 Å². The van der Waals surface area contributed by atoms with Gasteiger partial charge in [-0.1, -0.05) is 52.0 Å². The molecule has 0 aromatic heterocycles. The molecule has 3 rings (SSSR count). The summed E-state index contributed by atoms with van der Waals surface area (Å²) in [7, 11) is -12.8. The van der Waals surface area contributed by atoms with Crippen LogP contribution in [0.3, 0.4) is 0 Å². The summed E-state index contributed by atoms with van der Waals surface area (Å²) in [4.78, 5) is 10.5. The predicted molar refractivity (Wildman–Crippen MR) is 131 cm³/mol. The first kappa shape index (κ1) is 29.4. The molecule has 1 atom stereocenters. The van der Waals surface area contributed by atoms with E-state index in [1.165, 1.54) is 36.4 Å². The lowest BCUT2D eigenvalue weighted by Crippen LogP contribution is -2.63. The number of ether oxygens (including phenoxy) is 1. The highest BCUT2D eigenvalue weighted by Crippen LogP contribution is 2.83. The van der Waals surface area contributed by atoms with E-state index >= 15 is 8.78 Å². The van der Waals surface area contributed by atoms with Gasteiger partial charge in [0.05, 0.1) is 0 Å². The fraction of sp³-hybridized carbons (Fsp3) is 0.160. The molecule has 0 aliphatic heterocycles. The third-order valence-electron chi connectivity index (χ3n) is 5.39. The Kier molecular flexibility index (Phi) is 7.65. The van der Waals surface area contributed by atoms with E-state index in [1.807, 2.05) is 0 Å². The molecule has 3 aromatic rings. The van der Waals surface area contributed by atoms with Gasteiger partial charge in [-0.15, -0.1) is 0 Å². The molecule has 38 heavy (non-hydrogen) atoms. The van der Waals surface area contributed by atoms with Crippen LogP contribution in [0.5, 0.6) is 0 Å². The van der Waals surface area contributed by atoms with Gasteiger partial charge in [-0.3, -0.25) is 9.11 Å². The number of carbonyl (C=O) groups excluding carboxylic acids is 1. The van der Waals surface area contributed by atoms with Crippen molar-refractivity contribution in [1.82, 2.24) is 0 Å². The number of hydrogen-bond donors (Lipinski definition) is 2. The van der Waals surface area contributed by atoms with Gasteiger partial charge in [0.2, 0.25) is 0 Å². The van der Waals surface area contributed by atoms with Crippen LogP contribution in [0.1, 0.15) is 6.92 Å². The molecular formula is C25H22F6O5S2. The molecule has 206 valence electrons. The van der Waals surface area contributed by atoms with Gasteiger partial charge < -0.3 is 4.74 Å². The molecule has 0 amide bonds. The molecule has 0 heterocycles. The number of hydrogen-bond acceptors (Lipinski definition) is 3. The number of rotatable bonds is 8. The first-order valence-electron chi connectivity index (χ1n) is 10.6. The topological polar surface area (TPSA) is 83.8 Å². The first-order valence-corrected chi connectivity index (χ1v) is 14.6. The van der Waals surface area contributed by atoms with Gasteiger partial charge in [0, 0.05) is 20.3 Å². The minimum atomic E-state index is -8.04. The molecule has 0 radical (unpaired) electrons. The summed E-state index contributed by atoms with van der Waals surface area (Å²) < 4.78 is 129. The van der Waals surface area contributed by atoms with Crippen LogP contribution in [-0.2, 0) is 18.2 Å². The lowest BCUT2D eigenvalue weighted by Gasteiger charge is -2.57. The van der Waals surface area contributed by atoms with E-state index in [-0.39, 0.29) is 0 Å². The molecular weight excluding hydrogens is 558 g/mol. The van der Waals surface area contributed by atoms with Crippen LogP contribution in [0.2, 0.25) is 0 Å². The van der Waals surface area contributed by atoms with Gasteiger partial charge in [0.25, 0.3) is 6.10 Å². The zero-order valence-corrected chi connectivity index (χ0v) is 21.2. The maximum Gasteiger partial charge on any atom is 0.432 e. The van der Waals surface area contributed by atoms with Crippen LogP contribution in [0.4, 0.5) is 26.3 Å². The van der Waals surface area contributed by atoms with E-state index in [9.17, 15) is 35.7 Å². The fourth-order valence-electron chi connectivity index (χ4n) is 3.66. The van der Waals surface area contributed by atoms with Gasteiger partial charge >= 0.3 is 17.4 Å². The van der Waals surface area contributed by atoms with Crippen LogP contribution in [-0.4, -0.2) is 36.8 Å². The summed E-state index contributed by atoms with van der Waals surface area (Å²) in [6.45, 7) is 3.92. The van der Waals surface area contributed by atoms with Crippen LogP contribution in [0.15, 0.2) is 112 Å². The van der Waals surface area contributed by atoms with Crippen LogP contribution >= 0.6 is 9.06 Å². The van der Waals surface area contributed by atoms with Gasteiger partial charge in [-0.25, -0.2) is 13.4 Å². The maximum absolute atomic E-state index is 16.2. The number of alkyl halides is 5. The highest BCUT2D eigenvalue weighted by Gasteiger charge is 2.77. The van der Waals surface area contributed by atoms with Crippen molar-refractivity contribution in [2.75, 3.05) is 0 Å². The molecule has 0 spiro atoms. The SMILES string of the molecule is C=C(C)C(=O)OC(C(F)(F)F)C(F)(F)S(=O)(O)(O)S(c1ccccc1)(c1ccccc1)c1ccc(F)cc1. The number of benzene rings is 3. The van der Waals surface area contributed by atoms with E-state index in [0.29, 0.717) is 0 Å². The van der Waals surface area contributed by atoms with E-state index in [4.69, 9.17) is 0 Å². The second-order valence-electron chi connectivity index (χ2n) is 8.10. The molecule has 3 aromatic carbocycles. The van der Waals surface area contributed by atoms with Crippen molar-refractivity contribution in [2.24, 2.45) is 0 Å². The summed E-state index contributed by atoms with van der Waals surface area (Å²) in [6.07, 6.45) is -10.7. The molecule has 0 saturated carbocycles. The Bertz CT molecular complexity index is 1350. The minimum absolute atomic E-state index is 0.452. The molecule has 0 aliphatic carbocycles. The second kappa shape index (κ2) is 9.88. The monoisotopic (exact) mass is 580 g/mol. The van der Waals surface area contributed by atoms with Crippen LogP contribution in [0, 0.1) is 5.82 Å². The Morgan fingerprint density at radius 2 is 1.24 bits per heavy atom. The Hall–Kier alpha value is -3.13. The van der Waals surface area contributed by atoms with Crippen molar-refractivity contribution < 1.29 is 49.2 Å². The summed E-state index contributed by atoms with van der Waals surface area (Å²) >= 11 is 0. The molecule has 2 N–H and O–H groups in total. The quantitative estimate of drug-likeness (QED) is 0.125. The normalized spacial score (nSPS) is 15.1. The van der Waals surface area contributed by atoms with E-state index < -0.39 is 67.3 Å². The average Bonchev–Trinajstić information content (AvgIpc) is 2.83. The molecule has 13 heteroatoms. The molecule has 0 aliphatic rings. The third-order valence-corrected chi connectivity index (χ3v) is 15.3. The standard InChI is InChI=1S/C25H22F6O5S2/c1-17(2)22(32)36-23(24(27,28)29)25(30,31)38(33,34,35)37(19-9-5-3-6-10-19,20-11-7-4-8-12-20)21-15-13-18(26)14-16-21/h3-16,23H,1H2,2H3,(H2,33,34,35). The first-order chi connectivity index (χ1) is 17.5. The maximum atomic E-state index is 16.2. The summed E-state index contributed by atoms with van der Waals surface area (Å²) in [5.74, 6) is -2.82. The minimum Gasteiger partial charge on any atom is -0.441 e. The lowest BCUT2D eigenvalue weighted by atomic mass is 10.3. The van der Waals surface area contributed by atoms with Crippen LogP contribution < -0.4 is 0 Å². The van der Waals surface area contributed by atoms with Crippen molar-refractivity contribution in [3.05, 3.63) is 103 Å². The second-order valence-corrected chi connectivity index (χ2v) is 16.1. The van der Waals surface area contributed by atoms with Crippen molar-refractivity contribution in [3.8, 4) is 0 Å². The molecule has 1 unspecified atom stereocenters. The number of carbonyl (C=O) groups is 1. The Labute approximate surface area is 214 Å². The molecule has 0 saturated heterocycles. The third kappa shape index (κ3) is 4.64. The molecule has 0 fully saturated rings. The summed E-state index contributed by atoms with van der Waals surface area (Å²) in [5, 5.41) is -6.06. The smallest absolute Gasteiger partial charge is 0.432 e. The highest BCUT2D eigenvalue weighted by molar-refractivity contribution is 8.97. The summed E-state index contributed by atoms with van der Waals surface area (Å²) in [5.41, 5.74) is -0.710. The van der Waals surface area contributed by atoms with E-state index in [1.54, 1.807) is 0 Å². The molecule has 0 bridgehead atoms. The van der Waals surface area contributed by atoms with Crippen LogP contribution in [0.25, 0.3) is 0 Å².